The molecule has 0 aliphatic carbocycles. The first-order valence-electron chi connectivity index (χ1n) is 5.01. The molecule has 1 aromatic carbocycles. The Bertz CT molecular complexity index is 334. The van der Waals surface area contributed by atoms with Gasteiger partial charge in [-0.1, -0.05) is 12.1 Å². The van der Waals surface area contributed by atoms with Crippen molar-refractivity contribution in [2.75, 3.05) is 25.1 Å². The predicted molar refractivity (Wildman–Crippen MR) is 61.0 cm³/mol. The normalized spacial score (nSPS) is 14.9. The number of aliphatic imine (C=N–C) groups is 1. The van der Waals surface area contributed by atoms with Gasteiger partial charge in [-0.2, -0.15) is 5.48 Å². The van der Waals surface area contributed by atoms with Gasteiger partial charge in [0.25, 0.3) is 0 Å². The summed E-state index contributed by atoms with van der Waals surface area (Å²) in [6, 6.07) is 8.38. The van der Waals surface area contributed by atoms with Gasteiger partial charge in [0.15, 0.2) is 0 Å². The molecule has 0 aromatic heterocycles. The van der Waals surface area contributed by atoms with Gasteiger partial charge in [0.05, 0.1) is 20.0 Å². The number of rotatable bonds is 4. The van der Waals surface area contributed by atoms with Gasteiger partial charge in [-0.15, -0.1) is 0 Å². The van der Waals surface area contributed by atoms with Gasteiger partial charge in [0.1, 0.15) is 0 Å². The van der Waals surface area contributed by atoms with Crippen LogP contribution in [0.4, 0.5) is 5.69 Å². The summed E-state index contributed by atoms with van der Waals surface area (Å²) in [6.07, 6.45) is 1.89. The van der Waals surface area contributed by atoms with Crippen molar-refractivity contribution in [3.05, 3.63) is 29.8 Å². The molecule has 0 amide bonds. The molecule has 4 nitrogen and oxygen atoms in total. The molecular formula is C11H15N3O. The van der Waals surface area contributed by atoms with E-state index in [1.165, 1.54) is 11.3 Å². The Balaban J connectivity index is 2.00. The van der Waals surface area contributed by atoms with E-state index in [0.717, 1.165) is 19.6 Å². The monoisotopic (exact) mass is 205 g/mol. The number of hydrogen-bond donors (Lipinski definition) is 1. The third kappa shape index (κ3) is 2.55. The zero-order valence-corrected chi connectivity index (χ0v) is 8.81. The lowest BCUT2D eigenvalue weighted by molar-refractivity contribution is 0.0867. The first-order chi connectivity index (χ1) is 7.40. The summed E-state index contributed by atoms with van der Waals surface area (Å²) in [5.41, 5.74) is 5.21. The molecule has 1 aromatic rings. The molecule has 0 saturated carbocycles. The van der Waals surface area contributed by atoms with Crippen molar-refractivity contribution in [3.63, 3.8) is 0 Å². The number of nitrogens with zero attached hydrogens (tertiary/aromatic N) is 2. The summed E-state index contributed by atoms with van der Waals surface area (Å²) in [6.45, 7) is 2.60. The van der Waals surface area contributed by atoms with Crippen LogP contribution in [0.25, 0.3) is 0 Å². The molecule has 1 aliphatic heterocycles. The molecule has 1 heterocycles. The lowest BCUT2D eigenvalue weighted by Crippen LogP contribution is -2.18. The third-order valence-electron chi connectivity index (χ3n) is 2.38. The highest BCUT2D eigenvalue weighted by molar-refractivity contribution is 5.80. The van der Waals surface area contributed by atoms with E-state index in [0.29, 0.717) is 0 Å². The maximum atomic E-state index is 4.79. The topological polar surface area (TPSA) is 36.9 Å². The SMILES string of the molecule is CONCc1ccc(N2C=NCC2)cc1. The second-order valence-corrected chi connectivity index (χ2v) is 3.41. The Labute approximate surface area is 89.5 Å². The molecule has 0 bridgehead atoms. The molecule has 0 spiro atoms. The van der Waals surface area contributed by atoms with Crippen LogP contribution in [0.1, 0.15) is 5.56 Å². The van der Waals surface area contributed by atoms with E-state index in [2.05, 4.69) is 39.6 Å². The molecule has 1 aliphatic rings. The van der Waals surface area contributed by atoms with Gasteiger partial charge in [-0.25, -0.2) is 0 Å². The van der Waals surface area contributed by atoms with Gasteiger partial charge < -0.3 is 9.74 Å². The number of benzene rings is 1. The molecule has 15 heavy (non-hydrogen) atoms. The molecule has 0 radical (unpaired) electrons. The van der Waals surface area contributed by atoms with Crippen LogP contribution >= 0.6 is 0 Å². The summed E-state index contributed by atoms with van der Waals surface area (Å²) >= 11 is 0. The molecule has 0 unspecified atom stereocenters. The van der Waals surface area contributed by atoms with Gasteiger partial charge in [0.2, 0.25) is 0 Å². The summed E-state index contributed by atoms with van der Waals surface area (Å²) < 4.78 is 0. The summed E-state index contributed by atoms with van der Waals surface area (Å²) in [5.74, 6) is 0. The zero-order chi connectivity index (χ0) is 10.5. The molecule has 1 N–H and O–H groups in total. The summed E-state index contributed by atoms with van der Waals surface area (Å²) in [7, 11) is 1.62. The predicted octanol–water partition coefficient (Wildman–Crippen LogP) is 1.19. The average molecular weight is 205 g/mol. The fourth-order valence-corrected chi connectivity index (χ4v) is 1.54. The quantitative estimate of drug-likeness (QED) is 0.750. The van der Waals surface area contributed by atoms with E-state index in [1.807, 2.05) is 6.34 Å². The average Bonchev–Trinajstić information content (AvgIpc) is 2.80. The van der Waals surface area contributed by atoms with Crippen molar-refractivity contribution in [3.8, 4) is 0 Å². The first kappa shape index (κ1) is 10.1. The van der Waals surface area contributed by atoms with E-state index in [9.17, 15) is 0 Å². The van der Waals surface area contributed by atoms with Gasteiger partial charge in [-0.3, -0.25) is 4.99 Å². The van der Waals surface area contributed by atoms with Crippen LogP contribution in [0, 0.1) is 0 Å². The van der Waals surface area contributed by atoms with Crippen molar-refractivity contribution in [1.82, 2.24) is 5.48 Å². The standard InChI is InChI=1S/C11H15N3O/c1-15-13-8-10-2-4-11(5-3-10)14-7-6-12-9-14/h2-5,9,13H,6-8H2,1H3. The first-order valence-corrected chi connectivity index (χ1v) is 5.01. The van der Waals surface area contributed by atoms with Crippen molar-refractivity contribution in [1.29, 1.82) is 0 Å². The van der Waals surface area contributed by atoms with E-state index in [-0.39, 0.29) is 0 Å². The van der Waals surface area contributed by atoms with Crippen molar-refractivity contribution < 1.29 is 4.84 Å². The van der Waals surface area contributed by atoms with Crippen LogP contribution < -0.4 is 10.4 Å². The summed E-state index contributed by atoms with van der Waals surface area (Å²) in [4.78, 5) is 11.1. The van der Waals surface area contributed by atoms with E-state index < -0.39 is 0 Å². The van der Waals surface area contributed by atoms with Crippen molar-refractivity contribution in [2.24, 2.45) is 4.99 Å². The molecule has 0 saturated heterocycles. The Hall–Kier alpha value is -1.39. The van der Waals surface area contributed by atoms with Crippen LogP contribution in [-0.4, -0.2) is 26.5 Å². The van der Waals surface area contributed by atoms with Crippen LogP contribution in [0.15, 0.2) is 29.3 Å². The lowest BCUT2D eigenvalue weighted by atomic mass is 10.2. The smallest absolute Gasteiger partial charge is 0.0895 e. The number of anilines is 1. The minimum Gasteiger partial charge on any atom is -0.331 e. The van der Waals surface area contributed by atoms with Crippen LogP contribution in [-0.2, 0) is 11.4 Å². The molecule has 80 valence electrons. The highest BCUT2D eigenvalue weighted by Gasteiger charge is 2.06. The number of nitrogens with one attached hydrogen (secondary N) is 1. The van der Waals surface area contributed by atoms with Crippen LogP contribution in [0.2, 0.25) is 0 Å². The highest BCUT2D eigenvalue weighted by atomic mass is 16.6. The van der Waals surface area contributed by atoms with E-state index >= 15 is 0 Å². The fourth-order valence-electron chi connectivity index (χ4n) is 1.54. The molecular weight excluding hydrogens is 190 g/mol. The zero-order valence-electron chi connectivity index (χ0n) is 8.81. The Morgan fingerprint density at radius 2 is 2.20 bits per heavy atom. The number of hydroxylamine groups is 1. The van der Waals surface area contributed by atoms with E-state index in [4.69, 9.17) is 4.84 Å². The maximum Gasteiger partial charge on any atom is 0.0895 e. The Morgan fingerprint density at radius 3 is 2.80 bits per heavy atom. The fraction of sp³-hybridized carbons (Fsp3) is 0.364. The molecule has 2 rings (SSSR count). The van der Waals surface area contributed by atoms with Crippen LogP contribution in [0.3, 0.4) is 0 Å². The van der Waals surface area contributed by atoms with Gasteiger partial charge in [0, 0.05) is 18.8 Å². The molecule has 0 atom stereocenters. The second-order valence-electron chi connectivity index (χ2n) is 3.41. The van der Waals surface area contributed by atoms with Crippen molar-refractivity contribution >= 4 is 12.0 Å². The van der Waals surface area contributed by atoms with E-state index in [1.54, 1.807) is 7.11 Å². The minimum absolute atomic E-state index is 0.727. The maximum absolute atomic E-state index is 4.79. The van der Waals surface area contributed by atoms with Gasteiger partial charge >= 0.3 is 0 Å². The number of hydrogen-bond acceptors (Lipinski definition) is 4. The Kier molecular flexibility index (Phi) is 3.32. The van der Waals surface area contributed by atoms with Gasteiger partial charge in [-0.05, 0) is 17.7 Å². The summed E-state index contributed by atoms with van der Waals surface area (Å²) in [5, 5.41) is 0. The third-order valence-corrected chi connectivity index (χ3v) is 2.38. The minimum atomic E-state index is 0.727. The lowest BCUT2D eigenvalue weighted by Gasteiger charge is -2.14. The molecule has 0 fully saturated rings. The Morgan fingerprint density at radius 1 is 1.40 bits per heavy atom. The van der Waals surface area contributed by atoms with Crippen LogP contribution in [0.5, 0.6) is 0 Å². The second kappa shape index (κ2) is 4.91. The molecule has 4 heteroatoms. The largest absolute Gasteiger partial charge is 0.331 e. The van der Waals surface area contributed by atoms with Crippen molar-refractivity contribution in [2.45, 2.75) is 6.54 Å². The highest BCUT2D eigenvalue weighted by Crippen LogP contribution is 2.15.